The van der Waals surface area contributed by atoms with Gasteiger partial charge in [0.2, 0.25) is 5.13 Å². The lowest BCUT2D eigenvalue weighted by atomic mass is 10.2. The third-order valence-corrected chi connectivity index (χ3v) is 4.96. The Morgan fingerprint density at radius 3 is 2.38 bits per heavy atom. The minimum atomic E-state index is -0.424. The second-order valence-electron chi connectivity index (χ2n) is 4.61. The maximum absolute atomic E-state index is 12.3. The molecule has 0 spiro atoms. The minimum Gasteiger partial charge on any atom is -0.296 e. The van der Waals surface area contributed by atoms with Gasteiger partial charge in [-0.25, -0.2) is 0 Å². The predicted molar refractivity (Wildman–Crippen MR) is 99.8 cm³/mol. The maximum atomic E-state index is 12.3. The molecule has 9 heteroatoms. The van der Waals surface area contributed by atoms with E-state index in [1.807, 2.05) is 0 Å². The first-order valence-electron chi connectivity index (χ1n) is 6.49. The van der Waals surface area contributed by atoms with E-state index in [0.29, 0.717) is 35.8 Å². The van der Waals surface area contributed by atoms with E-state index in [-0.39, 0.29) is 5.56 Å². The lowest BCUT2D eigenvalue weighted by Crippen LogP contribution is -2.12. The van der Waals surface area contributed by atoms with E-state index >= 15 is 0 Å². The van der Waals surface area contributed by atoms with Crippen LogP contribution in [0, 0.1) is 0 Å². The molecular weight excluding hydrogens is 412 g/mol. The second kappa shape index (κ2) is 7.25. The molecule has 1 amide bonds. The summed E-state index contributed by atoms with van der Waals surface area (Å²) < 4.78 is 0. The lowest BCUT2D eigenvalue weighted by molar-refractivity contribution is 0.102. The van der Waals surface area contributed by atoms with Crippen molar-refractivity contribution < 1.29 is 4.79 Å². The zero-order chi connectivity index (χ0) is 17.3. The summed E-state index contributed by atoms with van der Waals surface area (Å²) in [5.41, 5.74) is 0.935. The highest BCUT2D eigenvalue weighted by atomic mass is 35.5. The van der Waals surface area contributed by atoms with Crippen molar-refractivity contribution in [2.24, 2.45) is 0 Å². The number of aromatic nitrogens is 2. The summed E-state index contributed by atoms with van der Waals surface area (Å²) in [6.07, 6.45) is 0. The lowest BCUT2D eigenvalue weighted by Gasteiger charge is -2.04. The van der Waals surface area contributed by atoms with Gasteiger partial charge in [0.25, 0.3) is 5.91 Å². The van der Waals surface area contributed by atoms with Crippen LogP contribution in [0.25, 0.3) is 10.6 Å². The average Bonchev–Trinajstić information content (AvgIpc) is 2.97. The SMILES string of the molecule is O=C(Nc1nnc(-c2ccc(Cl)cc2Cl)s1)c1cc(Cl)ccc1Cl. The largest absolute Gasteiger partial charge is 0.296 e. The smallest absolute Gasteiger partial charge is 0.259 e. The molecule has 0 radical (unpaired) electrons. The van der Waals surface area contributed by atoms with Crippen LogP contribution < -0.4 is 5.32 Å². The van der Waals surface area contributed by atoms with E-state index in [1.54, 1.807) is 30.3 Å². The summed E-state index contributed by atoms with van der Waals surface area (Å²) >= 11 is 25.1. The predicted octanol–water partition coefficient (Wildman–Crippen LogP) is 6.07. The van der Waals surface area contributed by atoms with Crippen LogP contribution in [0.2, 0.25) is 20.1 Å². The maximum Gasteiger partial charge on any atom is 0.259 e. The Bertz CT molecular complexity index is 929. The summed E-state index contributed by atoms with van der Waals surface area (Å²) in [5, 5.41) is 13.2. The van der Waals surface area contributed by atoms with Gasteiger partial charge in [0.1, 0.15) is 0 Å². The van der Waals surface area contributed by atoms with Crippen LogP contribution in [-0.2, 0) is 0 Å². The van der Waals surface area contributed by atoms with Crippen molar-refractivity contribution in [2.75, 3.05) is 5.32 Å². The van der Waals surface area contributed by atoms with Crippen molar-refractivity contribution in [1.29, 1.82) is 0 Å². The molecule has 24 heavy (non-hydrogen) atoms. The van der Waals surface area contributed by atoms with Crippen LogP contribution in [-0.4, -0.2) is 16.1 Å². The van der Waals surface area contributed by atoms with Crippen LogP contribution >= 0.6 is 57.7 Å². The van der Waals surface area contributed by atoms with Crippen LogP contribution in [0.4, 0.5) is 5.13 Å². The Kier molecular flexibility index (Phi) is 5.27. The Hall–Kier alpha value is -1.37. The molecule has 4 nitrogen and oxygen atoms in total. The summed E-state index contributed by atoms with van der Waals surface area (Å²) in [4.78, 5) is 12.3. The van der Waals surface area contributed by atoms with E-state index in [9.17, 15) is 4.79 Å². The molecule has 0 fully saturated rings. The van der Waals surface area contributed by atoms with E-state index in [0.717, 1.165) is 0 Å². The molecule has 1 heterocycles. The number of halogens is 4. The highest BCUT2D eigenvalue weighted by Gasteiger charge is 2.15. The summed E-state index contributed by atoms with van der Waals surface area (Å²) in [5.74, 6) is -0.424. The number of carbonyl (C=O) groups excluding carboxylic acids is 1. The van der Waals surface area contributed by atoms with Gasteiger partial charge in [-0.15, -0.1) is 10.2 Å². The molecule has 0 bridgehead atoms. The Morgan fingerprint density at radius 2 is 1.62 bits per heavy atom. The van der Waals surface area contributed by atoms with Crippen molar-refractivity contribution >= 4 is 68.8 Å². The molecular formula is C15H7Cl4N3OS. The van der Waals surface area contributed by atoms with Gasteiger partial charge < -0.3 is 0 Å². The van der Waals surface area contributed by atoms with Crippen molar-refractivity contribution in [3.63, 3.8) is 0 Å². The highest BCUT2D eigenvalue weighted by Crippen LogP contribution is 2.33. The molecule has 0 saturated heterocycles. The normalized spacial score (nSPS) is 10.7. The van der Waals surface area contributed by atoms with Gasteiger partial charge in [-0.05, 0) is 36.4 Å². The molecule has 0 aliphatic heterocycles. The zero-order valence-electron chi connectivity index (χ0n) is 11.7. The number of anilines is 1. The van der Waals surface area contributed by atoms with E-state index in [2.05, 4.69) is 15.5 Å². The number of nitrogens with zero attached hydrogens (tertiary/aromatic N) is 2. The Morgan fingerprint density at radius 1 is 0.917 bits per heavy atom. The van der Waals surface area contributed by atoms with Gasteiger partial charge >= 0.3 is 0 Å². The molecule has 1 N–H and O–H groups in total. The third-order valence-electron chi connectivity index (χ3n) is 2.98. The van der Waals surface area contributed by atoms with Crippen LogP contribution in [0.3, 0.4) is 0 Å². The van der Waals surface area contributed by atoms with Crippen LogP contribution in [0.5, 0.6) is 0 Å². The van der Waals surface area contributed by atoms with Crippen molar-refractivity contribution in [1.82, 2.24) is 10.2 Å². The molecule has 0 atom stereocenters. The van der Waals surface area contributed by atoms with Crippen molar-refractivity contribution in [2.45, 2.75) is 0 Å². The molecule has 0 unspecified atom stereocenters. The zero-order valence-corrected chi connectivity index (χ0v) is 15.5. The summed E-state index contributed by atoms with van der Waals surface area (Å²) in [6, 6.07) is 9.70. The topological polar surface area (TPSA) is 54.9 Å². The molecule has 122 valence electrons. The van der Waals surface area contributed by atoms with E-state index < -0.39 is 5.91 Å². The molecule has 3 aromatic rings. The van der Waals surface area contributed by atoms with Crippen LogP contribution in [0.15, 0.2) is 36.4 Å². The van der Waals surface area contributed by atoms with Crippen LogP contribution in [0.1, 0.15) is 10.4 Å². The molecule has 0 aliphatic carbocycles. The molecule has 0 aliphatic rings. The second-order valence-corrected chi connectivity index (χ2v) is 7.28. The first-order valence-corrected chi connectivity index (χ1v) is 8.82. The number of carbonyl (C=O) groups is 1. The number of hydrogen-bond acceptors (Lipinski definition) is 4. The number of amides is 1. The van der Waals surface area contributed by atoms with Gasteiger partial charge in [-0.2, -0.15) is 0 Å². The van der Waals surface area contributed by atoms with Gasteiger partial charge in [-0.1, -0.05) is 57.7 Å². The third kappa shape index (κ3) is 3.82. The molecule has 3 rings (SSSR count). The monoisotopic (exact) mass is 417 g/mol. The molecule has 1 aromatic heterocycles. The quantitative estimate of drug-likeness (QED) is 0.561. The van der Waals surface area contributed by atoms with Crippen molar-refractivity contribution in [3.8, 4) is 10.6 Å². The fraction of sp³-hybridized carbons (Fsp3) is 0. The van der Waals surface area contributed by atoms with Gasteiger partial charge in [0.15, 0.2) is 5.01 Å². The Labute approximate surface area is 161 Å². The molecule has 0 saturated carbocycles. The first-order chi connectivity index (χ1) is 11.4. The van der Waals surface area contributed by atoms with Crippen molar-refractivity contribution in [3.05, 3.63) is 62.1 Å². The molecule has 2 aromatic carbocycles. The average molecular weight is 419 g/mol. The summed E-state index contributed by atoms with van der Waals surface area (Å²) in [6.45, 7) is 0. The Balaban J connectivity index is 1.83. The van der Waals surface area contributed by atoms with E-state index in [1.165, 1.54) is 17.4 Å². The number of benzene rings is 2. The highest BCUT2D eigenvalue weighted by molar-refractivity contribution is 7.18. The standard InChI is InChI=1S/C15H7Cl4N3OS/c16-7-2-4-11(18)10(5-7)13(23)20-15-22-21-14(24-15)9-3-1-8(17)6-12(9)19/h1-6H,(H,20,22,23). The van der Waals surface area contributed by atoms with Gasteiger partial charge in [-0.3, -0.25) is 10.1 Å². The van der Waals surface area contributed by atoms with E-state index in [4.69, 9.17) is 46.4 Å². The fourth-order valence-electron chi connectivity index (χ4n) is 1.88. The van der Waals surface area contributed by atoms with Gasteiger partial charge in [0.05, 0.1) is 15.6 Å². The summed E-state index contributed by atoms with van der Waals surface area (Å²) in [7, 11) is 0. The number of rotatable bonds is 3. The first kappa shape index (κ1) is 17.5. The van der Waals surface area contributed by atoms with Gasteiger partial charge in [0, 0.05) is 15.6 Å². The number of nitrogens with one attached hydrogen (secondary N) is 1. The number of hydrogen-bond donors (Lipinski definition) is 1. The fourth-order valence-corrected chi connectivity index (χ4v) is 3.59. The minimum absolute atomic E-state index is 0.255.